The van der Waals surface area contributed by atoms with Crippen molar-refractivity contribution in [1.29, 1.82) is 0 Å². The van der Waals surface area contributed by atoms with Gasteiger partial charge in [-0.1, -0.05) is 0 Å². The zero-order chi connectivity index (χ0) is 13.2. The molecule has 94 valence electrons. The van der Waals surface area contributed by atoms with Gasteiger partial charge in [-0.25, -0.2) is 15.0 Å². The monoisotopic (exact) mass is 256 g/mol. The number of H-pyrrole nitrogens is 1. The molecule has 0 aliphatic rings. The number of azo groups is 1. The standard InChI is InChI=1S/C11H8N6O2/c18-6-1-2-7(8(19)3-6)16-17-11-9-10(13-4-12-9)14-5-15-11/h1-5,18-19H,(H,12,13,14,15). The van der Waals surface area contributed by atoms with Crippen LogP contribution < -0.4 is 0 Å². The van der Waals surface area contributed by atoms with Crippen molar-refractivity contribution in [3.8, 4) is 11.5 Å². The highest BCUT2D eigenvalue weighted by atomic mass is 16.3. The third kappa shape index (κ3) is 2.06. The van der Waals surface area contributed by atoms with Crippen LogP contribution in [0, 0.1) is 0 Å². The molecule has 3 aromatic rings. The van der Waals surface area contributed by atoms with E-state index in [0.29, 0.717) is 17.0 Å². The molecule has 2 heterocycles. The minimum Gasteiger partial charge on any atom is -0.508 e. The second kappa shape index (κ2) is 4.33. The summed E-state index contributed by atoms with van der Waals surface area (Å²) in [5, 5.41) is 26.5. The van der Waals surface area contributed by atoms with E-state index in [1.54, 1.807) is 0 Å². The van der Waals surface area contributed by atoms with Gasteiger partial charge in [0.05, 0.1) is 6.33 Å². The summed E-state index contributed by atoms with van der Waals surface area (Å²) < 4.78 is 0. The zero-order valence-corrected chi connectivity index (χ0v) is 9.52. The molecule has 0 aliphatic heterocycles. The van der Waals surface area contributed by atoms with Crippen molar-refractivity contribution >= 4 is 22.7 Å². The van der Waals surface area contributed by atoms with Crippen LogP contribution in [0.2, 0.25) is 0 Å². The van der Waals surface area contributed by atoms with Crippen molar-refractivity contribution in [3.05, 3.63) is 30.9 Å². The van der Waals surface area contributed by atoms with Crippen molar-refractivity contribution in [1.82, 2.24) is 19.9 Å². The number of aromatic nitrogens is 4. The van der Waals surface area contributed by atoms with Crippen LogP contribution in [0.5, 0.6) is 11.5 Å². The number of aromatic hydroxyl groups is 2. The van der Waals surface area contributed by atoms with E-state index in [0.717, 1.165) is 0 Å². The molecule has 0 fully saturated rings. The van der Waals surface area contributed by atoms with Crippen LogP contribution in [-0.4, -0.2) is 30.1 Å². The lowest BCUT2D eigenvalue weighted by atomic mass is 10.3. The maximum absolute atomic E-state index is 9.58. The number of phenols is 2. The van der Waals surface area contributed by atoms with E-state index in [4.69, 9.17) is 0 Å². The minimum atomic E-state index is -0.168. The van der Waals surface area contributed by atoms with Crippen LogP contribution in [0.1, 0.15) is 0 Å². The van der Waals surface area contributed by atoms with Crippen LogP contribution in [0.3, 0.4) is 0 Å². The first-order valence-corrected chi connectivity index (χ1v) is 5.32. The molecular weight excluding hydrogens is 248 g/mol. The van der Waals surface area contributed by atoms with Gasteiger partial charge >= 0.3 is 0 Å². The van der Waals surface area contributed by atoms with Gasteiger partial charge in [0, 0.05) is 6.07 Å². The molecule has 0 spiro atoms. The number of aromatic amines is 1. The first-order chi connectivity index (χ1) is 9.24. The van der Waals surface area contributed by atoms with Crippen molar-refractivity contribution in [2.75, 3.05) is 0 Å². The smallest absolute Gasteiger partial charge is 0.203 e. The summed E-state index contributed by atoms with van der Waals surface area (Å²) in [6.45, 7) is 0. The van der Waals surface area contributed by atoms with Gasteiger partial charge in [0.2, 0.25) is 5.82 Å². The van der Waals surface area contributed by atoms with Gasteiger partial charge in [-0.3, -0.25) is 0 Å². The van der Waals surface area contributed by atoms with Crippen molar-refractivity contribution < 1.29 is 10.2 Å². The van der Waals surface area contributed by atoms with E-state index >= 15 is 0 Å². The number of hydrogen-bond donors (Lipinski definition) is 3. The van der Waals surface area contributed by atoms with Crippen LogP contribution in [-0.2, 0) is 0 Å². The Bertz CT molecular complexity index is 767. The molecule has 3 rings (SSSR count). The number of nitrogens with zero attached hydrogens (tertiary/aromatic N) is 5. The average molecular weight is 256 g/mol. The molecule has 19 heavy (non-hydrogen) atoms. The van der Waals surface area contributed by atoms with Crippen LogP contribution in [0.15, 0.2) is 41.1 Å². The van der Waals surface area contributed by atoms with Crippen molar-refractivity contribution in [3.63, 3.8) is 0 Å². The fourth-order valence-electron chi connectivity index (χ4n) is 1.53. The Kier molecular flexibility index (Phi) is 2.53. The van der Waals surface area contributed by atoms with Gasteiger partial charge in [0.25, 0.3) is 0 Å². The van der Waals surface area contributed by atoms with Gasteiger partial charge < -0.3 is 15.2 Å². The molecule has 0 amide bonds. The Labute approximate surface area is 106 Å². The van der Waals surface area contributed by atoms with Crippen LogP contribution in [0.4, 0.5) is 11.5 Å². The predicted molar refractivity (Wildman–Crippen MR) is 65.6 cm³/mol. The minimum absolute atomic E-state index is 0.0468. The molecule has 2 aromatic heterocycles. The molecular formula is C11H8N6O2. The van der Waals surface area contributed by atoms with Crippen molar-refractivity contribution in [2.45, 2.75) is 0 Å². The molecule has 1 aromatic carbocycles. The molecule has 0 radical (unpaired) electrons. The fourth-order valence-corrected chi connectivity index (χ4v) is 1.53. The highest BCUT2D eigenvalue weighted by Gasteiger charge is 2.05. The molecule has 0 saturated carbocycles. The summed E-state index contributed by atoms with van der Waals surface area (Å²) in [4.78, 5) is 14.7. The van der Waals surface area contributed by atoms with Gasteiger partial charge in [0.1, 0.15) is 29.0 Å². The number of fused-ring (bicyclic) bond motifs is 1. The molecule has 3 N–H and O–H groups in total. The Morgan fingerprint density at radius 3 is 2.79 bits per heavy atom. The number of rotatable bonds is 2. The summed E-state index contributed by atoms with van der Waals surface area (Å²) in [7, 11) is 0. The lowest BCUT2D eigenvalue weighted by molar-refractivity contribution is 0.451. The van der Waals surface area contributed by atoms with Gasteiger partial charge in [0.15, 0.2) is 5.65 Å². The second-order valence-electron chi connectivity index (χ2n) is 3.67. The van der Waals surface area contributed by atoms with Crippen LogP contribution in [0.25, 0.3) is 11.2 Å². The van der Waals surface area contributed by atoms with Crippen LogP contribution >= 0.6 is 0 Å². The third-order valence-corrected chi connectivity index (χ3v) is 2.41. The van der Waals surface area contributed by atoms with E-state index in [1.807, 2.05) is 0 Å². The Morgan fingerprint density at radius 1 is 1.05 bits per heavy atom. The van der Waals surface area contributed by atoms with E-state index in [-0.39, 0.29) is 17.2 Å². The lowest BCUT2D eigenvalue weighted by Gasteiger charge is -1.98. The molecule has 8 nitrogen and oxygen atoms in total. The van der Waals surface area contributed by atoms with E-state index in [9.17, 15) is 10.2 Å². The maximum atomic E-state index is 9.58. The molecule has 8 heteroatoms. The number of benzene rings is 1. The summed E-state index contributed by atoms with van der Waals surface area (Å²) >= 11 is 0. The first kappa shape index (κ1) is 11.1. The summed E-state index contributed by atoms with van der Waals surface area (Å²) in [6.07, 6.45) is 2.81. The lowest BCUT2D eigenvalue weighted by Crippen LogP contribution is -1.80. The molecule has 0 bridgehead atoms. The van der Waals surface area contributed by atoms with Gasteiger partial charge in [-0.05, 0) is 12.1 Å². The molecule has 0 unspecified atom stereocenters. The third-order valence-electron chi connectivity index (χ3n) is 2.41. The normalized spacial score (nSPS) is 11.4. The maximum Gasteiger partial charge on any atom is 0.203 e. The number of imidazole rings is 1. The van der Waals surface area contributed by atoms with E-state index in [2.05, 4.69) is 30.2 Å². The summed E-state index contributed by atoms with van der Waals surface area (Å²) in [5.41, 5.74) is 1.27. The number of nitrogens with one attached hydrogen (secondary N) is 1. The fraction of sp³-hybridized carbons (Fsp3) is 0. The Balaban J connectivity index is 2.00. The topological polar surface area (TPSA) is 120 Å². The molecule has 0 saturated heterocycles. The first-order valence-electron chi connectivity index (χ1n) is 5.32. The second-order valence-corrected chi connectivity index (χ2v) is 3.67. The molecule has 0 atom stereocenters. The summed E-state index contributed by atoms with van der Waals surface area (Å²) in [6, 6.07) is 4.03. The Hall–Kier alpha value is -3.03. The quantitative estimate of drug-likeness (QED) is 0.607. The average Bonchev–Trinajstić information content (AvgIpc) is 2.86. The highest BCUT2D eigenvalue weighted by molar-refractivity contribution is 5.79. The molecule has 0 aliphatic carbocycles. The number of hydrogen-bond acceptors (Lipinski definition) is 7. The van der Waals surface area contributed by atoms with E-state index in [1.165, 1.54) is 30.9 Å². The highest BCUT2D eigenvalue weighted by Crippen LogP contribution is 2.31. The zero-order valence-electron chi connectivity index (χ0n) is 9.52. The van der Waals surface area contributed by atoms with E-state index < -0.39 is 0 Å². The largest absolute Gasteiger partial charge is 0.508 e. The predicted octanol–water partition coefficient (Wildman–Crippen LogP) is 2.18. The Morgan fingerprint density at radius 2 is 1.95 bits per heavy atom. The van der Waals surface area contributed by atoms with Gasteiger partial charge in [-0.15, -0.1) is 10.2 Å². The van der Waals surface area contributed by atoms with Crippen molar-refractivity contribution in [2.24, 2.45) is 10.2 Å². The number of phenolic OH excluding ortho intramolecular Hbond substituents is 2. The summed E-state index contributed by atoms with van der Waals surface area (Å²) in [5.74, 6) is 0.100. The SMILES string of the molecule is Oc1ccc(N=Nc2ncnc3nc[nH]c23)c(O)c1. The van der Waals surface area contributed by atoms with Gasteiger partial charge in [-0.2, -0.15) is 0 Å².